The lowest BCUT2D eigenvalue weighted by Gasteiger charge is -2.14. The zero-order valence-electron chi connectivity index (χ0n) is 11.6. The van der Waals surface area contributed by atoms with Crippen molar-refractivity contribution in [1.29, 1.82) is 0 Å². The Morgan fingerprint density at radius 1 is 1.41 bits per heavy atom. The third-order valence-corrected chi connectivity index (χ3v) is 4.48. The molecule has 0 amide bonds. The Hall–Kier alpha value is -2.13. The van der Waals surface area contributed by atoms with Crippen LogP contribution >= 0.6 is 0 Å². The number of hydrogen-bond acceptors (Lipinski definition) is 7. The molecule has 120 valence electrons. The number of carbonyl (C=O) groups is 2. The van der Waals surface area contributed by atoms with E-state index in [0.717, 1.165) is 12.5 Å². The third kappa shape index (κ3) is 3.55. The molecule has 8 nitrogen and oxygen atoms in total. The highest BCUT2D eigenvalue weighted by molar-refractivity contribution is 7.87. The molecule has 0 bridgehead atoms. The smallest absolute Gasteiger partial charge is 0.329 e. The number of aliphatic carboxylic acids is 1. The fourth-order valence-corrected chi connectivity index (χ4v) is 3.09. The molecule has 1 aliphatic rings. The van der Waals surface area contributed by atoms with Crippen molar-refractivity contribution in [2.45, 2.75) is 18.6 Å². The van der Waals surface area contributed by atoms with Crippen LogP contribution in [0.15, 0.2) is 18.2 Å². The summed E-state index contributed by atoms with van der Waals surface area (Å²) < 4.78 is 38.2. The van der Waals surface area contributed by atoms with E-state index in [9.17, 15) is 23.1 Å². The highest BCUT2D eigenvalue weighted by atomic mass is 32.2. The van der Waals surface area contributed by atoms with Crippen molar-refractivity contribution < 1.29 is 36.8 Å². The van der Waals surface area contributed by atoms with E-state index in [1.165, 1.54) is 18.2 Å². The van der Waals surface area contributed by atoms with Crippen LogP contribution in [0.5, 0.6) is 5.75 Å². The largest absolute Gasteiger partial charge is 0.493 e. The minimum Gasteiger partial charge on any atom is -0.493 e. The molecule has 0 aromatic heterocycles. The molecule has 1 unspecified atom stereocenters. The molecule has 0 aliphatic carbocycles. The Morgan fingerprint density at radius 2 is 2.14 bits per heavy atom. The van der Waals surface area contributed by atoms with Crippen LogP contribution < -0.4 is 4.74 Å². The van der Waals surface area contributed by atoms with Crippen LogP contribution in [0.4, 0.5) is 0 Å². The van der Waals surface area contributed by atoms with Gasteiger partial charge in [-0.2, -0.15) is 8.42 Å². The Balaban J connectivity index is 2.26. The fraction of sp³-hybridized carbons (Fsp3) is 0.385. The summed E-state index contributed by atoms with van der Waals surface area (Å²) in [6.45, 7) is 0.673. The quantitative estimate of drug-likeness (QED) is 0.458. The Morgan fingerprint density at radius 3 is 2.77 bits per heavy atom. The van der Waals surface area contributed by atoms with Crippen molar-refractivity contribution in [3.8, 4) is 5.75 Å². The first-order valence-electron chi connectivity index (χ1n) is 6.31. The highest BCUT2D eigenvalue weighted by Crippen LogP contribution is 2.31. The molecule has 1 heterocycles. The van der Waals surface area contributed by atoms with E-state index in [2.05, 4.69) is 8.92 Å². The first kappa shape index (κ1) is 16.2. The molecule has 0 saturated carbocycles. The molecule has 1 N–H and O–H groups in total. The van der Waals surface area contributed by atoms with E-state index in [4.69, 9.17) is 4.74 Å². The molecular formula is C13H14O8S. The van der Waals surface area contributed by atoms with Crippen LogP contribution in [0.3, 0.4) is 0 Å². The van der Waals surface area contributed by atoms with Crippen LogP contribution in [-0.4, -0.2) is 38.9 Å². The lowest BCUT2D eigenvalue weighted by atomic mass is 10.1. The number of carboxylic acid groups (broad SMARTS) is 1. The van der Waals surface area contributed by atoms with Gasteiger partial charge in [0.15, 0.2) is 0 Å². The number of benzene rings is 1. The van der Waals surface area contributed by atoms with Gasteiger partial charge in [0.25, 0.3) is 10.1 Å². The van der Waals surface area contributed by atoms with Crippen LogP contribution in [-0.2, 0) is 35.0 Å². The number of esters is 1. The second-order valence-electron chi connectivity index (χ2n) is 4.55. The first-order chi connectivity index (χ1) is 10.3. The molecular weight excluding hydrogens is 316 g/mol. The maximum absolute atomic E-state index is 12.0. The molecule has 1 aliphatic heterocycles. The summed E-state index contributed by atoms with van der Waals surface area (Å²) >= 11 is 0. The SMILES string of the molecule is CC(=O)OCOS(=O)(=O)C(C(=O)O)c1ccc2c(c1)CCO2. The van der Waals surface area contributed by atoms with Crippen molar-refractivity contribution in [2.75, 3.05) is 13.4 Å². The van der Waals surface area contributed by atoms with Gasteiger partial charge in [0.05, 0.1) is 6.61 Å². The standard InChI is InChI=1S/C13H14O8S/c1-8(14)20-7-21-22(17,18)12(13(15)16)10-2-3-11-9(6-10)4-5-19-11/h2-3,6,12H,4-5,7H2,1H3,(H,15,16). The van der Waals surface area contributed by atoms with Gasteiger partial charge in [-0.3, -0.25) is 9.59 Å². The van der Waals surface area contributed by atoms with Gasteiger partial charge in [-0.15, -0.1) is 0 Å². The number of rotatable bonds is 6. The molecule has 1 atom stereocenters. The molecule has 9 heteroatoms. The first-order valence-corrected chi connectivity index (χ1v) is 7.78. The van der Waals surface area contributed by atoms with Crippen molar-refractivity contribution >= 4 is 22.1 Å². The molecule has 0 radical (unpaired) electrons. The monoisotopic (exact) mass is 330 g/mol. The predicted molar refractivity (Wildman–Crippen MR) is 72.7 cm³/mol. The summed E-state index contributed by atoms with van der Waals surface area (Å²) in [5.74, 6) is -1.72. The van der Waals surface area contributed by atoms with Crippen molar-refractivity contribution in [3.63, 3.8) is 0 Å². The van der Waals surface area contributed by atoms with E-state index in [0.29, 0.717) is 18.8 Å². The average Bonchev–Trinajstić information content (AvgIpc) is 2.84. The normalized spacial score (nSPS) is 14.8. The van der Waals surface area contributed by atoms with E-state index < -0.39 is 34.1 Å². The summed E-state index contributed by atoms with van der Waals surface area (Å²) in [6, 6.07) is 4.35. The molecule has 0 fully saturated rings. The van der Waals surface area contributed by atoms with Gasteiger partial charge in [0.2, 0.25) is 12.0 Å². The number of hydrogen-bond donors (Lipinski definition) is 1. The van der Waals surface area contributed by atoms with Gasteiger partial charge in [-0.25, -0.2) is 4.18 Å². The maximum Gasteiger partial charge on any atom is 0.329 e. The molecule has 0 saturated heterocycles. The minimum absolute atomic E-state index is 0.0552. The lowest BCUT2D eigenvalue weighted by molar-refractivity contribution is -0.147. The van der Waals surface area contributed by atoms with Crippen molar-refractivity contribution in [1.82, 2.24) is 0 Å². The summed E-state index contributed by atoms with van der Waals surface area (Å²) in [5.41, 5.74) is 0.790. The number of carbonyl (C=O) groups excluding carboxylic acids is 1. The van der Waals surface area contributed by atoms with Crippen LogP contribution in [0.2, 0.25) is 0 Å². The maximum atomic E-state index is 12.0. The zero-order chi connectivity index (χ0) is 16.3. The molecule has 22 heavy (non-hydrogen) atoms. The van der Waals surface area contributed by atoms with Gasteiger partial charge in [0, 0.05) is 13.3 Å². The zero-order valence-corrected chi connectivity index (χ0v) is 12.5. The Labute approximate surface area is 126 Å². The molecule has 1 aromatic carbocycles. The molecule has 0 spiro atoms. The third-order valence-electron chi connectivity index (χ3n) is 3.00. The topological polar surface area (TPSA) is 116 Å². The number of fused-ring (bicyclic) bond motifs is 1. The van der Waals surface area contributed by atoms with Crippen LogP contribution in [0.1, 0.15) is 23.3 Å². The van der Waals surface area contributed by atoms with Gasteiger partial charge in [0.1, 0.15) is 5.75 Å². The van der Waals surface area contributed by atoms with E-state index in [-0.39, 0.29) is 5.56 Å². The minimum atomic E-state index is -4.51. The van der Waals surface area contributed by atoms with E-state index in [1.54, 1.807) is 0 Å². The van der Waals surface area contributed by atoms with Gasteiger partial charge in [-0.1, -0.05) is 6.07 Å². The van der Waals surface area contributed by atoms with Gasteiger partial charge < -0.3 is 14.6 Å². The van der Waals surface area contributed by atoms with Crippen LogP contribution in [0, 0.1) is 0 Å². The van der Waals surface area contributed by atoms with Crippen molar-refractivity contribution in [2.24, 2.45) is 0 Å². The molecule has 1 aromatic rings. The lowest BCUT2D eigenvalue weighted by Crippen LogP contribution is -2.25. The summed E-state index contributed by atoms with van der Waals surface area (Å²) in [7, 11) is -4.51. The van der Waals surface area contributed by atoms with E-state index >= 15 is 0 Å². The summed E-state index contributed by atoms with van der Waals surface area (Å²) in [6.07, 6.45) is 0.573. The second kappa shape index (κ2) is 6.32. The second-order valence-corrected chi connectivity index (χ2v) is 6.24. The highest BCUT2D eigenvalue weighted by Gasteiger charge is 2.36. The fourth-order valence-electron chi connectivity index (χ4n) is 2.04. The number of ether oxygens (including phenoxy) is 2. The summed E-state index contributed by atoms with van der Waals surface area (Å²) in [4.78, 5) is 21.9. The van der Waals surface area contributed by atoms with Crippen molar-refractivity contribution in [3.05, 3.63) is 29.3 Å². The summed E-state index contributed by atoms with van der Waals surface area (Å²) in [5, 5.41) is 7.31. The van der Waals surface area contributed by atoms with Gasteiger partial charge in [-0.05, 0) is 23.3 Å². The average molecular weight is 330 g/mol. The predicted octanol–water partition coefficient (Wildman–Crippen LogP) is 0.614. The van der Waals surface area contributed by atoms with Crippen LogP contribution in [0.25, 0.3) is 0 Å². The Bertz CT molecular complexity index is 694. The molecule has 2 rings (SSSR count). The van der Waals surface area contributed by atoms with E-state index in [1.807, 2.05) is 0 Å². The number of carboxylic acids is 1. The Kier molecular flexibility index (Phi) is 4.67. The van der Waals surface area contributed by atoms with Gasteiger partial charge >= 0.3 is 11.9 Å².